The van der Waals surface area contributed by atoms with E-state index in [4.69, 9.17) is 9.47 Å². The van der Waals surface area contributed by atoms with Crippen molar-refractivity contribution in [2.45, 2.75) is 32.0 Å². The number of allylic oxidation sites excluding steroid dienone is 10. The molecule has 0 aliphatic heterocycles. The molecular weight excluding hydrogens is 528 g/mol. The molecule has 1 aromatic rings. The van der Waals surface area contributed by atoms with Crippen molar-refractivity contribution in [3.8, 4) is 0 Å². The fraction of sp³-hybridized carbons (Fsp3) is 0.222. The lowest BCUT2D eigenvalue weighted by Gasteiger charge is -2.11. The molecule has 0 saturated heterocycles. The fourth-order valence-electron chi connectivity index (χ4n) is 3.97. The predicted molar refractivity (Wildman–Crippen MR) is 170 cm³/mol. The summed E-state index contributed by atoms with van der Waals surface area (Å²) in [5.74, 6) is -0.771. The third-order valence-electron chi connectivity index (χ3n) is 6.46. The van der Waals surface area contributed by atoms with E-state index in [1.165, 1.54) is 21.3 Å². The van der Waals surface area contributed by atoms with Crippen LogP contribution in [0.5, 0.6) is 0 Å². The van der Waals surface area contributed by atoms with Crippen LogP contribution in [-0.2, 0) is 30.2 Å². The maximum atomic E-state index is 11.7. The molecule has 42 heavy (non-hydrogen) atoms. The Kier molecular flexibility index (Phi) is 14.5. The smallest absolute Gasteiger partial charge is 0.337 e. The summed E-state index contributed by atoms with van der Waals surface area (Å²) < 4.78 is 14.4. The summed E-state index contributed by atoms with van der Waals surface area (Å²) in [6.07, 6.45) is 24.3. The molecule has 220 valence electrons. The second kappa shape index (κ2) is 18.0. The van der Waals surface area contributed by atoms with Crippen molar-refractivity contribution >= 4 is 24.1 Å². The van der Waals surface area contributed by atoms with E-state index >= 15 is 0 Å². The van der Waals surface area contributed by atoms with Crippen LogP contribution < -0.4 is 0 Å². The molecule has 0 saturated carbocycles. The Morgan fingerprint density at radius 2 is 1.79 bits per heavy atom. The molecule has 0 heterocycles. The lowest BCUT2D eigenvalue weighted by Crippen LogP contribution is -2.10. The largest absolute Gasteiger partial charge is 0.466 e. The summed E-state index contributed by atoms with van der Waals surface area (Å²) in [6.45, 7) is 11.4. The maximum absolute atomic E-state index is 11.7. The minimum absolute atomic E-state index is 0.243. The highest BCUT2D eigenvalue weighted by molar-refractivity contribution is 5.91. The van der Waals surface area contributed by atoms with E-state index in [9.17, 15) is 14.7 Å². The van der Waals surface area contributed by atoms with Crippen LogP contribution >= 0.6 is 0 Å². The van der Waals surface area contributed by atoms with E-state index in [0.29, 0.717) is 23.1 Å². The Labute approximate surface area is 249 Å². The molecule has 0 bridgehead atoms. The molecule has 1 aromatic carbocycles. The molecule has 0 spiro atoms. The molecule has 1 aliphatic rings. The van der Waals surface area contributed by atoms with Gasteiger partial charge in [0.05, 0.1) is 19.8 Å². The number of esters is 2. The third kappa shape index (κ3) is 11.2. The Morgan fingerprint density at radius 1 is 1.00 bits per heavy atom. The number of methoxy groups -OCH3 is 3. The first-order valence-corrected chi connectivity index (χ1v) is 13.5. The average molecular weight is 569 g/mol. The normalized spacial score (nSPS) is 14.7. The van der Waals surface area contributed by atoms with Gasteiger partial charge in [-0.3, -0.25) is 0 Å². The summed E-state index contributed by atoms with van der Waals surface area (Å²) >= 11 is 0. The fourth-order valence-corrected chi connectivity index (χ4v) is 3.97. The number of ether oxygens (including phenoxy) is 3. The number of aliphatic hydroxyl groups is 1. The van der Waals surface area contributed by atoms with Crippen molar-refractivity contribution in [3.05, 3.63) is 143 Å². The quantitative estimate of drug-likeness (QED) is 0.107. The van der Waals surface area contributed by atoms with Crippen LogP contribution in [0.1, 0.15) is 36.0 Å². The van der Waals surface area contributed by atoms with Gasteiger partial charge in [-0.15, -0.1) is 0 Å². The first-order valence-electron chi connectivity index (χ1n) is 13.5. The molecule has 1 N–H and O–H groups in total. The van der Waals surface area contributed by atoms with Crippen LogP contribution in [0.25, 0.3) is 12.2 Å². The molecule has 0 aromatic heterocycles. The van der Waals surface area contributed by atoms with Crippen molar-refractivity contribution in [1.29, 1.82) is 0 Å². The molecule has 1 aliphatic carbocycles. The first-order chi connectivity index (χ1) is 20.2. The number of benzene rings is 1. The molecule has 0 fully saturated rings. The highest BCUT2D eigenvalue weighted by atomic mass is 16.6. The number of carbonyl (C=O) groups is 2. The van der Waals surface area contributed by atoms with E-state index in [1.54, 1.807) is 24.3 Å². The van der Waals surface area contributed by atoms with Gasteiger partial charge in [0.2, 0.25) is 0 Å². The Bertz CT molecular complexity index is 1380. The first kappa shape index (κ1) is 33.7. The van der Waals surface area contributed by atoms with Gasteiger partial charge in [0.25, 0.3) is 0 Å². The molecular formula is C36H40O6. The number of rotatable bonds is 15. The van der Waals surface area contributed by atoms with Crippen LogP contribution in [0.4, 0.5) is 0 Å². The van der Waals surface area contributed by atoms with E-state index in [0.717, 1.165) is 41.5 Å². The van der Waals surface area contributed by atoms with Crippen molar-refractivity contribution in [3.63, 3.8) is 0 Å². The van der Waals surface area contributed by atoms with Crippen LogP contribution in [0.2, 0.25) is 0 Å². The number of aryl methyl sites for hydroxylation is 1. The van der Waals surface area contributed by atoms with E-state index < -0.39 is 12.3 Å². The molecule has 1 unspecified atom stereocenters. The lowest BCUT2D eigenvalue weighted by molar-refractivity contribution is -0.136. The Balaban J connectivity index is 2.25. The standard InChI is InChI=1S/C36H40O6/c1-7-30(35(38)41-5)11-9-8-10-12-33-25-29(17-16-28-18-23-32(24-19-28)36(39)42-6)20-22-31(33)21-14-26(2)13-15-27(3)34(37)40-4/h7-9,11,13-18,20-23,25,35,38H,1-3,10,12,19,24H2,4-6H3/b9-8+,15-13-,17-16+,21-14+,30-11+. The van der Waals surface area contributed by atoms with E-state index in [1.807, 2.05) is 36.5 Å². The van der Waals surface area contributed by atoms with E-state index in [2.05, 4.69) is 54.8 Å². The highest BCUT2D eigenvalue weighted by Gasteiger charge is 2.12. The van der Waals surface area contributed by atoms with Gasteiger partial charge >= 0.3 is 11.9 Å². The van der Waals surface area contributed by atoms with Crippen LogP contribution in [0.15, 0.2) is 127 Å². The van der Waals surface area contributed by atoms with Gasteiger partial charge in [-0.2, -0.15) is 0 Å². The monoisotopic (exact) mass is 568 g/mol. The molecule has 2 rings (SSSR count). The zero-order valence-electron chi connectivity index (χ0n) is 24.7. The minimum Gasteiger partial charge on any atom is -0.466 e. The van der Waals surface area contributed by atoms with Crippen molar-refractivity contribution < 1.29 is 28.9 Å². The minimum atomic E-state index is -1.01. The molecule has 0 radical (unpaired) electrons. The summed E-state index contributed by atoms with van der Waals surface area (Å²) in [5, 5.41) is 9.85. The van der Waals surface area contributed by atoms with Gasteiger partial charge in [-0.25, -0.2) is 9.59 Å². The molecule has 0 amide bonds. The van der Waals surface area contributed by atoms with Gasteiger partial charge in [-0.1, -0.05) is 105 Å². The van der Waals surface area contributed by atoms with Crippen LogP contribution in [0, 0.1) is 0 Å². The second-order valence-corrected chi connectivity index (χ2v) is 9.40. The van der Waals surface area contributed by atoms with Gasteiger partial charge < -0.3 is 19.3 Å². The second-order valence-electron chi connectivity index (χ2n) is 9.40. The zero-order chi connectivity index (χ0) is 30.9. The lowest BCUT2D eigenvalue weighted by atomic mass is 9.96. The Hall–Kier alpha value is -4.52. The van der Waals surface area contributed by atoms with Gasteiger partial charge in [0.1, 0.15) is 0 Å². The summed E-state index contributed by atoms with van der Waals surface area (Å²) in [4.78, 5) is 23.3. The number of carbonyl (C=O) groups excluding carboxylic acids is 2. The third-order valence-corrected chi connectivity index (χ3v) is 6.46. The number of hydrogen-bond acceptors (Lipinski definition) is 6. The molecule has 6 nitrogen and oxygen atoms in total. The van der Waals surface area contributed by atoms with Crippen molar-refractivity contribution in [2.24, 2.45) is 0 Å². The summed E-state index contributed by atoms with van der Waals surface area (Å²) in [7, 11) is 4.14. The molecule has 6 heteroatoms. The van der Waals surface area contributed by atoms with Crippen LogP contribution in [0.3, 0.4) is 0 Å². The van der Waals surface area contributed by atoms with Crippen molar-refractivity contribution in [1.82, 2.24) is 0 Å². The summed E-state index contributed by atoms with van der Waals surface area (Å²) in [6, 6.07) is 6.27. The summed E-state index contributed by atoms with van der Waals surface area (Å²) in [5.41, 5.74) is 6.58. The predicted octanol–water partition coefficient (Wildman–Crippen LogP) is 6.94. The molecule has 1 atom stereocenters. The maximum Gasteiger partial charge on any atom is 0.337 e. The zero-order valence-corrected chi connectivity index (χ0v) is 24.7. The number of hydrogen-bond donors (Lipinski definition) is 1. The number of aliphatic hydroxyl groups excluding tert-OH is 1. The van der Waals surface area contributed by atoms with E-state index in [-0.39, 0.29) is 11.5 Å². The van der Waals surface area contributed by atoms with Crippen LogP contribution in [-0.4, -0.2) is 44.7 Å². The van der Waals surface area contributed by atoms with Gasteiger partial charge in [0, 0.05) is 18.3 Å². The average Bonchev–Trinajstić information content (AvgIpc) is 3.02. The Morgan fingerprint density at radius 3 is 2.43 bits per heavy atom. The van der Waals surface area contributed by atoms with Gasteiger partial charge in [0.15, 0.2) is 6.29 Å². The van der Waals surface area contributed by atoms with Gasteiger partial charge in [-0.05, 0) is 59.6 Å². The highest BCUT2D eigenvalue weighted by Crippen LogP contribution is 2.23. The SMILES string of the molecule is C=C/C(=C\C=C\CCc1cc(/C=C/C2=CC=C(C(=O)OC)CC2)ccc1/C=C/C(=C)/C=C\C(=C)C(=O)OC)C(O)OC. The van der Waals surface area contributed by atoms with Crippen molar-refractivity contribution in [2.75, 3.05) is 21.3 Å². The topological polar surface area (TPSA) is 82.1 Å².